The minimum atomic E-state index is 0.361. The SMILES string of the molecule is Cn1c(CSc2nc(N)cc(N)n2)nnc1SC/C=C\c1ccccc1. The van der Waals surface area contributed by atoms with Gasteiger partial charge in [-0.15, -0.1) is 10.2 Å². The van der Waals surface area contributed by atoms with Crippen LogP contribution in [0.25, 0.3) is 6.08 Å². The van der Waals surface area contributed by atoms with E-state index in [0.717, 1.165) is 16.7 Å². The van der Waals surface area contributed by atoms with Crippen LogP contribution in [0, 0.1) is 0 Å². The molecule has 0 atom stereocenters. The zero-order chi connectivity index (χ0) is 18.4. The minimum Gasteiger partial charge on any atom is -0.383 e. The van der Waals surface area contributed by atoms with Crippen molar-refractivity contribution in [2.45, 2.75) is 16.1 Å². The third kappa shape index (κ3) is 4.99. The molecule has 0 saturated carbocycles. The van der Waals surface area contributed by atoms with Crippen molar-refractivity contribution in [3.05, 3.63) is 53.9 Å². The van der Waals surface area contributed by atoms with E-state index in [1.54, 1.807) is 11.8 Å². The van der Waals surface area contributed by atoms with Crippen LogP contribution in [-0.2, 0) is 12.8 Å². The molecule has 3 rings (SSSR count). The van der Waals surface area contributed by atoms with Gasteiger partial charge in [-0.2, -0.15) is 0 Å². The fourth-order valence-electron chi connectivity index (χ4n) is 2.12. The van der Waals surface area contributed by atoms with Crippen LogP contribution in [0.5, 0.6) is 0 Å². The molecule has 7 nitrogen and oxygen atoms in total. The first-order chi connectivity index (χ1) is 12.6. The Morgan fingerprint density at radius 2 is 1.77 bits per heavy atom. The Bertz CT molecular complexity index is 873. The first kappa shape index (κ1) is 18.3. The molecular weight excluding hydrogens is 366 g/mol. The summed E-state index contributed by atoms with van der Waals surface area (Å²) in [7, 11) is 1.95. The Morgan fingerprint density at radius 1 is 1.04 bits per heavy atom. The molecule has 9 heteroatoms. The smallest absolute Gasteiger partial charge is 0.191 e. The van der Waals surface area contributed by atoms with Gasteiger partial charge in [0, 0.05) is 18.9 Å². The topological polar surface area (TPSA) is 109 Å². The molecule has 3 aromatic rings. The van der Waals surface area contributed by atoms with Crippen LogP contribution in [0.3, 0.4) is 0 Å². The average Bonchev–Trinajstić information content (AvgIpc) is 2.97. The van der Waals surface area contributed by atoms with Crippen LogP contribution >= 0.6 is 23.5 Å². The van der Waals surface area contributed by atoms with E-state index in [2.05, 4.69) is 44.5 Å². The van der Waals surface area contributed by atoms with E-state index in [-0.39, 0.29) is 0 Å². The van der Waals surface area contributed by atoms with E-state index in [4.69, 9.17) is 11.5 Å². The monoisotopic (exact) mass is 385 g/mol. The van der Waals surface area contributed by atoms with E-state index in [1.807, 2.05) is 29.8 Å². The lowest BCUT2D eigenvalue weighted by Crippen LogP contribution is -2.01. The quantitative estimate of drug-likeness (QED) is 0.472. The molecule has 0 unspecified atom stereocenters. The van der Waals surface area contributed by atoms with Crippen molar-refractivity contribution in [3.8, 4) is 0 Å². The fraction of sp³-hybridized carbons (Fsp3) is 0.176. The summed E-state index contributed by atoms with van der Waals surface area (Å²) >= 11 is 3.06. The van der Waals surface area contributed by atoms with Gasteiger partial charge in [0.25, 0.3) is 0 Å². The van der Waals surface area contributed by atoms with Crippen molar-refractivity contribution in [1.82, 2.24) is 24.7 Å². The number of nitrogens with two attached hydrogens (primary N) is 2. The van der Waals surface area contributed by atoms with Gasteiger partial charge >= 0.3 is 0 Å². The molecule has 2 aromatic heterocycles. The molecule has 0 radical (unpaired) electrons. The van der Waals surface area contributed by atoms with Crippen LogP contribution < -0.4 is 11.5 Å². The molecule has 0 aliphatic rings. The normalized spacial score (nSPS) is 11.3. The van der Waals surface area contributed by atoms with Crippen LogP contribution in [0.15, 0.2) is 52.8 Å². The standard InChI is InChI=1S/C17H19N7S2/c1-24-15(11-26-16-20-13(18)10-14(19)21-16)22-23-17(24)25-9-5-8-12-6-3-2-4-7-12/h2-8,10H,9,11H2,1H3,(H4,18,19,20,21)/b8-5-. The molecule has 1 aromatic carbocycles. The van der Waals surface area contributed by atoms with Crippen LogP contribution in [0.2, 0.25) is 0 Å². The summed E-state index contributed by atoms with van der Waals surface area (Å²) in [5, 5.41) is 9.89. The Labute approximate surface area is 160 Å². The maximum absolute atomic E-state index is 5.69. The lowest BCUT2D eigenvalue weighted by atomic mass is 10.2. The first-order valence-electron chi connectivity index (χ1n) is 7.87. The summed E-state index contributed by atoms with van der Waals surface area (Å²) in [6.07, 6.45) is 4.22. The Balaban J connectivity index is 1.55. The molecule has 2 heterocycles. The number of rotatable bonds is 7. The predicted molar refractivity (Wildman–Crippen MR) is 108 cm³/mol. The molecule has 26 heavy (non-hydrogen) atoms. The third-order valence-electron chi connectivity index (χ3n) is 3.42. The lowest BCUT2D eigenvalue weighted by Gasteiger charge is -2.03. The number of hydrogen-bond donors (Lipinski definition) is 2. The van der Waals surface area contributed by atoms with Crippen molar-refractivity contribution in [2.75, 3.05) is 17.2 Å². The molecule has 4 N–H and O–H groups in total. The number of anilines is 2. The van der Waals surface area contributed by atoms with Gasteiger partial charge in [0.1, 0.15) is 17.5 Å². The second kappa shape index (κ2) is 8.72. The average molecular weight is 386 g/mol. The van der Waals surface area contributed by atoms with Gasteiger partial charge in [-0.05, 0) is 5.56 Å². The number of nitrogen functional groups attached to an aromatic ring is 2. The molecule has 0 fully saturated rings. The molecule has 134 valence electrons. The number of hydrogen-bond acceptors (Lipinski definition) is 8. The summed E-state index contributed by atoms with van der Waals surface area (Å²) in [5.41, 5.74) is 12.6. The summed E-state index contributed by atoms with van der Waals surface area (Å²) in [6, 6.07) is 11.7. The van der Waals surface area contributed by atoms with E-state index in [0.29, 0.717) is 22.5 Å². The minimum absolute atomic E-state index is 0.361. The highest BCUT2D eigenvalue weighted by molar-refractivity contribution is 7.99. The van der Waals surface area contributed by atoms with E-state index in [1.165, 1.54) is 23.4 Å². The van der Waals surface area contributed by atoms with Gasteiger partial charge in [0.2, 0.25) is 0 Å². The Hall–Kier alpha value is -2.52. The first-order valence-corrected chi connectivity index (χ1v) is 9.84. The van der Waals surface area contributed by atoms with E-state index >= 15 is 0 Å². The van der Waals surface area contributed by atoms with E-state index < -0.39 is 0 Å². The largest absolute Gasteiger partial charge is 0.383 e. The Morgan fingerprint density at radius 3 is 2.50 bits per heavy atom. The van der Waals surface area contributed by atoms with Crippen LogP contribution in [-0.4, -0.2) is 30.5 Å². The summed E-state index contributed by atoms with van der Waals surface area (Å²) in [4.78, 5) is 8.31. The summed E-state index contributed by atoms with van der Waals surface area (Å²) in [5.74, 6) is 2.98. The highest BCUT2D eigenvalue weighted by atomic mass is 32.2. The molecule has 0 aliphatic carbocycles. The molecule has 0 aliphatic heterocycles. The number of aromatic nitrogens is 5. The van der Waals surface area contributed by atoms with Gasteiger partial charge in [-0.3, -0.25) is 0 Å². The highest BCUT2D eigenvalue weighted by Crippen LogP contribution is 2.23. The van der Waals surface area contributed by atoms with Crippen molar-refractivity contribution in [2.24, 2.45) is 7.05 Å². The second-order valence-electron chi connectivity index (χ2n) is 5.37. The molecule has 0 saturated heterocycles. The zero-order valence-corrected chi connectivity index (χ0v) is 15.9. The molecule has 0 spiro atoms. The van der Waals surface area contributed by atoms with Gasteiger partial charge in [-0.1, -0.05) is 66.0 Å². The van der Waals surface area contributed by atoms with Gasteiger partial charge < -0.3 is 16.0 Å². The zero-order valence-electron chi connectivity index (χ0n) is 14.2. The predicted octanol–water partition coefficient (Wildman–Crippen LogP) is 2.87. The second-order valence-corrected chi connectivity index (χ2v) is 7.30. The van der Waals surface area contributed by atoms with Gasteiger partial charge in [0.05, 0.1) is 5.75 Å². The van der Waals surface area contributed by atoms with E-state index in [9.17, 15) is 0 Å². The van der Waals surface area contributed by atoms with Crippen molar-refractivity contribution >= 4 is 41.2 Å². The summed E-state index contributed by atoms with van der Waals surface area (Å²) in [6.45, 7) is 0. The van der Waals surface area contributed by atoms with Crippen LogP contribution in [0.1, 0.15) is 11.4 Å². The number of benzene rings is 1. The number of thioether (sulfide) groups is 2. The maximum atomic E-state index is 5.69. The third-order valence-corrected chi connectivity index (χ3v) is 5.24. The molecule has 0 amide bonds. The highest BCUT2D eigenvalue weighted by Gasteiger charge is 2.10. The molecular formula is C17H19N7S2. The van der Waals surface area contributed by atoms with Crippen molar-refractivity contribution in [1.29, 1.82) is 0 Å². The van der Waals surface area contributed by atoms with Crippen molar-refractivity contribution < 1.29 is 0 Å². The van der Waals surface area contributed by atoms with Crippen LogP contribution in [0.4, 0.5) is 11.6 Å². The van der Waals surface area contributed by atoms with Gasteiger partial charge in [0.15, 0.2) is 10.3 Å². The maximum Gasteiger partial charge on any atom is 0.191 e. The van der Waals surface area contributed by atoms with Gasteiger partial charge in [-0.25, -0.2) is 9.97 Å². The lowest BCUT2D eigenvalue weighted by molar-refractivity contribution is 0.762. The molecule has 0 bridgehead atoms. The van der Waals surface area contributed by atoms with Crippen molar-refractivity contribution in [3.63, 3.8) is 0 Å². The summed E-state index contributed by atoms with van der Waals surface area (Å²) < 4.78 is 1.98. The fourth-order valence-corrected chi connectivity index (χ4v) is 3.71. The number of nitrogens with zero attached hydrogens (tertiary/aromatic N) is 5. The Kier molecular flexibility index (Phi) is 6.13.